The van der Waals surface area contributed by atoms with Gasteiger partial charge in [-0.25, -0.2) is 4.98 Å². The molecule has 2 heterocycles. The Hall–Kier alpha value is -2.64. The van der Waals surface area contributed by atoms with Gasteiger partial charge in [0.15, 0.2) is 10.9 Å². The van der Waals surface area contributed by atoms with E-state index in [0.29, 0.717) is 40.0 Å². The van der Waals surface area contributed by atoms with Gasteiger partial charge in [0.2, 0.25) is 0 Å². The zero-order valence-corrected chi connectivity index (χ0v) is 19.7. The summed E-state index contributed by atoms with van der Waals surface area (Å²) >= 11 is 1.51. The van der Waals surface area contributed by atoms with Gasteiger partial charge in [-0.05, 0) is 63.2 Å². The van der Waals surface area contributed by atoms with E-state index in [1.165, 1.54) is 11.8 Å². The minimum absolute atomic E-state index is 0.00510. The highest BCUT2D eigenvalue weighted by atomic mass is 32.2. The number of likely N-dealkylation sites (tertiary alicyclic amines) is 1. The molecular formula is C25H29N3O3S. The van der Waals surface area contributed by atoms with Crippen molar-refractivity contribution < 1.29 is 9.53 Å². The predicted octanol–water partition coefficient (Wildman–Crippen LogP) is 4.38. The van der Waals surface area contributed by atoms with Crippen molar-refractivity contribution >= 4 is 28.4 Å². The molecule has 0 unspecified atom stereocenters. The van der Waals surface area contributed by atoms with Crippen LogP contribution in [0.3, 0.4) is 0 Å². The van der Waals surface area contributed by atoms with E-state index < -0.39 is 0 Å². The fourth-order valence-corrected chi connectivity index (χ4v) is 5.39. The van der Waals surface area contributed by atoms with Crippen LogP contribution in [-0.2, 0) is 12.3 Å². The highest BCUT2D eigenvalue weighted by Crippen LogP contribution is 2.29. The van der Waals surface area contributed by atoms with Crippen molar-refractivity contribution in [3.05, 3.63) is 63.9 Å². The Balaban J connectivity index is 1.71. The topological polar surface area (TPSA) is 64.4 Å². The number of nitrogens with zero attached hydrogens (tertiary/aromatic N) is 3. The van der Waals surface area contributed by atoms with Crippen molar-refractivity contribution in [2.75, 3.05) is 20.2 Å². The molecule has 1 aliphatic rings. The van der Waals surface area contributed by atoms with Gasteiger partial charge < -0.3 is 4.74 Å². The minimum atomic E-state index is 0.00510. The van der Waals surface area contributed by atoms with Crippen molar-refractivity contribution in [2.24, 2.45) is 0 Å². The molecule has 1 aromatic heterocycles. The van der Waals surface area contributed by atoms with E-state index in [1.807, 2.05) is 41.0 Å². The molecule has 0 N–H and O–H groups in total. The lowest BCUT2D eigenvalue weighted by atomic mass is 10.1. The Bertz CT molecular complexity index is 1190. The maximum atomic E-state index is 13.4. The second-order valence-corrected chi connectivity index (χ2v) is 9.07. The molecule has 1 fully saturated rings. The zero-order valence-electron chi connectivity index (χ0n) is 18.8. The average Bonchev–Trinajstić information content (AvgIpc) is 3.26. The van der Waals surface area contributed by atoms with E-state index in [9.17, 15) is 9.59 Å². The molecule has 3 aromatic rings. The molecular weight excluding hydrogens is 422 g/mol. The molecule has 168 valence electrons. The number of ketones is 1. The van der Waals surface area contributed by atoms with Crippen LogP contribution in [0.25, 0.3) is 10.9 Å². The van der Waals surface area contributed by atoms with Gasteiger partial charge in [-0.2, -0.15) is 0 Å². The molecule has 1 saturated heterocycles. The summed E-state index contributed by atoms with van der Waals surface area (Å²) in [7, 11) is 1.63. The van der Waals surface area contributed by atoms with Gasteiger partial charge in [-0.15, -0.1) is 0 Å². The van der Waals surface area contributed by atoms with Crippen LogP contribution in [0.5, 0.6) is 5.75 Å². The lowest BCUT2D eigenvalue weighted by Crippen LogP contribution is -2.37. The van der Waals surface area contributed by atoms with Crippen LogP contribution in [0.1, 0.15) is 42.6 Å². The second-order valence-electron chi connectivity index (χ2n) is 8.12. The van der Waals surface area contributed by atoms with E-state index in [4.69, 9.17) is 9.72 Å². The third-order valence-corrected chi connectivity index (χ3v) is 7.19. The number of carbonyl (C=O) groups excluding carboxylic acids is 1. The zero-order chi connectivity index (χ0) is 22.7. The molecule has 2 aromatic carbocycles. The average molecular weight is 452 g/mol. The van der Waals surface area contributed by atoms with Gasteiger partial charge in [0.05, 0.1) is 18.0 Å². The SMILES string of the molecule is CCN1CCC[C@@H]1Cn1c(SCc2cc(C(C)=O)ccc2OC)nc2ccccc2c1=O. The van der Waals surface area contributed by atoms with Crippen molar-refractivity contribution in [1.82, 2.24) is 14.5 Å². The number of hydrogen-bond donors (Lipinski definition) is 0. The van der Waals surface area contributed by atoms with Gasteiger partial charge in [0.25, 0.3) is 5.56 Å². The molecule has 0 radical (unpaired) electrons. The molecule has 0 aliphatic carbocycles. The van der Waals surface area contributed by atoms with Crippen molar-refractivity contribution in [3.63, 3.8) is 0 Å². The third kappa shape index (κ3) is 4.59. The monoisotopic (exact) mass is 451 g/mol. The Morgan fingerprint density at radius 3 is 2.81 bits per heavy atom. The molecule has 0 spiro atoms. The van der Waals surface area contributed by atoms with E-state index in [2.05, 4.69) is 11.8 Å². The summed E-state index contributed by atoms with van der Waals surface area (Å²) in [5.41, 5.74) is 2.27. The first kappa shape index (κ1) is 22.6. The predicted molar refractivity (Wildman–Crippen MR) is 129 cm³/mol. The van der Waals surface area contributed by atoms with Crippen LogP contribution >= 0.6 is 11.8 Å². The van der Waals surface area contributed by atoms with E-state index in [1.54, 1.807) is 20.1 Å². The quantitative estimate of drug-likeness (QED) is 0.288. The van der Waals surface area contributed by atoms with Crippen LogP contribution in [0, 0.1) is 0 Å². The van der Waals surface area contributed by atoms with Crippen LogP contribution in [0.4, 0.5) is 0 Å². The standard InChI is InChI=1S/C25H29N3O3S/c1-4-27-13-7-8-20(27)15-28-24(30)21-9-5-6-10-22(21)26-25(28)32-16-19-14-18(17(2)29)11-12-23(19)31-3/h5-6,9-12,14,20H,4,7-8,13,15-16H2,1-3H3/t20-/m1/s1. The summed E-state index contributed by atoms with van der Waals surface area (Å²) in [6.07, 6.45) is 2.25. The first-order valence-electron chi connectivity index (χ1n) is 11.1. The largest absolute Gasteiger partial charge is 0.496 e. The number of aromatic nitrogens is 2. The van der Waals surface area contributed by atoms with Crippen LogP contribution < -0.4 is 10.3 Å². The number of hydrogen-bond acceptors (Lipinski definition) is 6. The van der Waals surface area contributed by atoms with Crippen LogP contribution in [-0.4, -0.2) is 46.5 Å². The summed E-state index contributed by atoms with van der Waals surface area (Å²) in [5, 5.41) is 1.35. The summed E-state index contributed by atoms with van der Waals surface area (Å²) < 4.78 is 7.35. The summed E-state index contributed by atoms with van der Waals surface area (Å²) in [6.45, 7) is 6.43. The Morgan fingerprint density at radius 1 is 1.25 bits per heavy atom. The number of rotatable bonds is 8. The maximum Gasteiger partial charge on any atom is 0.262 e. The molecule has 0 saturated carbocycles. The Kier molecular flexibility index (Phi) is 6.96. The molecule has 0 bridgehead atoms. The lowest BCUT2D eigenvalue weighted by molar-refractivity contribution is 0.101. The number of methoxy groups -OCH3 is 1. The number of ether oxygens (including phenoxy) is 1. The highest BCUT2D eigenvalue weighted by Gasteiger charge is 2.25. The van der Waals surface area contributed by atoms with Crippen LogP contribution in [0.15, 0.2) is 52.4 Å². The Labute approximate surface area is 192 Å². The number of para-hydroxylation sites is 1. The number of fused-ring (bicyclic) bond motifs is 1. The van der Waals surface area contributed by atoms with E-state index in [0.717, 1.165) is 37.2 Å². The van der Waals surface area contributed by atoms with Crippen molar-refractivity contribution in [2.45, 2.75) is 50.2 Å². The minimum Gasteiger partial charge on any atom is -0.496 e. The lowest BCUT2D eigenvalue weighted by Gasteiger charge is -2.24. The van der Waals surface area contributed by atoms with Gasteiger partial charge in [-0.1, -0.05) is 30.8 Å². The molecule has 1 aliphatic heterocycles. The van der Waals surface area contributed by atoms with Gasteiger partial charge in [-0.3, -0.25) is 19.1 Å². The molecule has 32 heavy (non-hydrogen) atoms. The second kappa shape index (κ2) is 9.88. The number of likely N-dealkylation sites (N-methyl/N-ethyl adjacent to an activating group) is 1. The number of benzene rings is 2. The number of Topliss-reactive ketones (excluding diaryl/α,β-unsaturated/α-hetero) is 1. The molecule has 6 nitrogen and oxygen atoms in total. The number of thioether (sulfide) groups is 1. The Morgan fingerprint density at radius 2 is 2.06 bits per heavy atom. The van der Waals surface area contributed by atoms with E-state index in [-0.39, 0.29) is 11.3 Å². The van der Waals surface area contributed by atoms with Gasteiger partial charge >= 0.3 is 0 Å². The molecule has 1 atom stereocenters. The molecule has 4 rings (SSSR count). The highest BCUT2D eigenvalue weighted by molar-refractivity contribution is 7.98. The third-order valence-electron chi connectivity index (χ3n) is 6.17. The summed E-state index contributed by atoms with van der Waals surface area (Å²) in [4.78, 5) is 32.6. The van der Waals surface area contributed by atoms with E-state index >= 15 is 0 Å². The molecule has 0 amide bonds. The molecule has 7 heteroatoms. The first-order valence-corrected chi connectivity index (χ1v) is 12.0. The smallest absolute Gasteiger partial charge is 0.262 e. The van der Waals surface area contributed by atoms with Crippen molar-refractivity contribution in [3.8, 4) is 5.75 Å². The maximum absolute atomic E-state index is 13.4. The normalized spacial score (nSPS) is 16.5. The summed E-state index contributed by atoms with van der Waals surface area (Å²) in [6, 6.07) is 13.3. The number of carbonyl (C=O) groups is 1. The van der Waals surface area contributed by atoms with Crippen LogP contribution in [0.2, 0.25) is 0 Å². The summed E-state index contributed by atoms with van der Waals surface area (Å²) in [5.74, 6) is 1.29. The van der Waals surface area contributed by atoms with Gasteiger partial charge in [0, 0.05) is 29.5 Å². The van der Waals surface area contributed by atoms with Gasteiger partial charge in [0.1, 0.15) is 5.75 Å². The van der Waals surface area contributed by atoms with Crippen molar-refractivity contribution in [1.29, 1.82) is 0 Å². The fraction of sp³-hybridized carbons (Fsp3) is 0.400. The first-order chi connectivity index (χ1) is 15.5. The fourth-order valence-electron chi connectivity index (χ4n) is 4.40.